The third-order valence-electron chi connectivity index (χ3n) is 4.81. The fraction of sp³-hybridized carbons (Fsp3) is 0.286. The van der Waals surface area contributed by atoms with Gasteiger partial charge in [-0.25, -0.2) is 19.8 Å². The summed E-state index contributed by atoms with van der Waals surface area (Å²) in [7, 11) is 0. The van der Waals surface area contributed by atoms with Gasteiger partial charge in [-0.2, -0.15) is 0 Å². The van der Waals surface area contributed by atoms with Gasteiger partial charge in [0.2, 0.25) is 0 Å². The fourth-order valence-corrected chi connectivity index (χ4v) is 4.25. The predicted molar refractivity (Wildman–Crippen MR) is 121 cm³/mol. The maximum absolute atomic E-state index is 12.4. The number of hydrogen-bond acceptors (Lipinski definition) is 8. The van der Waals surface area contributed by atoms with Crippen molar-refractivity contribution in [1.82, 2.24) is 14.9 Å². The van der Waals surface area contributed by atoms with Crippen molar-refractivity contribution in [2.45, 2.75) is 26.2 Å². The fourth-order valence-electron chi connectivity index (χ4n) is 3.18. The molecule has 1 aliphatic heterocycles. The summed E-state index contributed by atoms with van der Waals surface area (Å²) in [6.07, 6.45) is 8.94. The predicted octanol–water partition coefficient (Wildman–Crippen LogP) is 3.21. The average molecular weight is 441 g/mol. The van der Waals surface area contributed by atoms with E-state index in [2.05, 4.69) is 31.8 Å². The van der Waals surface area contributed by atoms with E-state index in [1.54, 1.807) is 18.5 Å². The highest BCUT2D eigenvalue weighted by Gasteiger charge is 2.23. The smallest absolute Gasteiger partial charge is 0.339 e. The van der Waals surface area contributed by atoms with Gasteiger partial charge in [-0.3, -0.25) is 4.79 Å². The van der Waals surface area contributed by atoms with Crippen molar-refractivity contribution < 1.29 is 14.7 Å². The number of hydrogen-bond donors (Lipinski definition) is 3. The summed E-state index contributed by atoms with van der Waals surface area (Å²) in [5, 5.41) is 14.0. The highest BCUT2D eigenvalue weighted by Crippen LogP contribution is 2.33. The van der Waals surface area contributed by atoms with E-state index < -0.39 is 11.9 Å². The summed E-state index contributed by atoms with van der Waals surface area (Å²) >= 11 is 1.17. The van der Waals surface area contributed by atoms with Crippen molar-refractivity contribution in [1.29, 1.82) is 0 Å². The lowest BCUT2D eigenvalue weighted by Crippen LogP contribution is -2.27. The highest BCUT2D eigenvalue weighted by molar-refractivity contribution is 7.12. The Bertz CT molecular complexity index is 1030. The molecule has 0 bridgehead atoms. The van der Waals surface area contributed by atoms with Crippen molar-refractivity contribution in [3.8, 4) is 0 Å². The van der Waals surface area contributed by atoms with E-state index >= 15 is 0 Å². The Balaban J connectivity index is 1.88. The molecule has 0 spiro atoms. The Kier molecular flexibility index (Phi) is 7.14. The van der Waals surface area contributed by atoms with E-state index in [9.17, 15) is 14.7 Å². The van der Waals surface area contributed by atoms with E-state index in [-0.39, 0.29) is 16.8 Å². The molecule has 162 valence electrons. The van der Waals surface area contributed by atoms with Gasteiger partial charge in [0, 0.05) is 48.3 Å². The second kappa shape index (κ2) is 9.98. The summed E-state index contributed by atoms with van der Waals surface area (Å²) in [5.74, 6) is -1.07. The van der Waals surface area contributed by atoms with Gasteiger partial charge in [-0.15, -0.1) is 11.3 Å². The zero-order chi connectivity index (χ0) is 22.4. The maximum Gasteiger partial charge on any atom is 0.339 e. The Hall–Kier alpha value is -3.53. The van der Waals surface area contributed by atoms with Crippen molar-refractivity contribution in [3.63, 3.8) is 0 Å². The molecule has 0 radical (unpaired) electrons. The number of aliphatic imine (C=N–C) groups is 1. The number of carbonyl (C=O) groups excluding carboxylic acids is 1. The van der Waals surface area contributed by atoms with Crippen molar-refractivity contribution in [2.24, 2.45) is 10.7 Å². The van der Waals surface area contributed by atoms with Crippen LogP contribution in [0.5, 0.6) is 0 Å². The molecule has 2 aromatic rings. The molecule has 3 rings (SSSR count). The van der Waals surface area contributed by atoms with Crippen LogP contribution in [0.25, 0.3) is 5.57 Å². The highest BCUT2D eigenvalue weighted by atomic mass is 32.1. The molecule has 10 heteroatoms. The van der Waals surface area contributed by atoms with E-state index in [1.807, 2.05) is 0 Å². The average Bonchev–Trinajstić information content (AvgIpc) is 3.18. The van der Waals surface area contributed by atoms with Crippen LogP contribution in [0.15, 0.2) is 47.2 Å². The number of nitrogens with zero attached hydrogens (tertiary/aromatic N) is 4. The number of likely N-dealkylation sites (tertiary alicyclic amines) is 1. The van der Waals surface area contributed by atoms with Crippen LogP contribution in [0.2, 0.25) is 0 Å². The number of carboxylic acids is 1. The molecule has 31 heavy (non-hydrogen) atoms. The summed E-state index contributed by atoms with van der Waals surface area (Å²) in [4.78, 5) is 39.0. The van der Waals surface area contributed by atoms with Gasteiger partial charge >= 0.3 is 5.97 Å². The number of anilines is 1. The summed E-state index contributed by atoms with van der Waals surface area (Å²) in [5.41, 5.74) is 7.28. The Morgan fingerprint density at radius 2 is 1.97 bits per heavy atom. The quantitative estimate of drug-likeness (QED) is 0.563. The van der Waals surface area contributed by atoms with Crippen LogP contribution in [0.1, 0.15) is 51.8 Å². The van der Waals surface area contributed by atoms with Gasteiger partial charge in [0.05, 0.1) is 16.1 Å². The molecule has 1 saturated heterocycles. The molecule has 1 amide bonds. The number of carboxylic acid groups (broad SMARTS) is 1. The second-order valence-electron chi connectivity index (χ2n) is 7.06. The maximum atomic E-state index is 12.4. The van der Waals surface area contributed by atoms with Crippen LogP contribution in [0, 0.1) is 0 Å². The van der Waals surface area contributed by atoms with Crippen LogP contribution in [-0.4, -0.2) is 51.2 Å². The van der Waals surface area contributed by atoms with Crippen LogP contribution in [0.3, 0.4) is 0 Å². The van der Waals surface area contributed by atoms with Crippen LogP contribution in [-0.2, 0) is 0 Å². The first-order valence-corrected chi connectivity index (χ1v) is 10.6. The zero-order valence-electron chi connectivity index (χ0n) is 17.2. The number of nitrogens with one attached hydrogen (secondary N) is 1. The molecule has 0 saturated carbocycles. The van der Waals surface area contributed by atoms with Crippen molar-refractivity contribution in [2.75, 3.05) is 18.4 Å². The molecule has 3 heterocycles. The van der Waals surface area contributed by atoms with Gasteiger partial charge in [-0.05, 0) is 26.2 Å². The number of aromatic carboxylic acids is 1. The van der Waals surface area contributed by atoms with E-state index in [1.165, 1.54) is 36.5 Å². The minimum absolute atomic E-state index is 0.0509. The molecule has 4 N–H and O–H groups in total. The van der Waals surface area contributed by atoms with Gasteiger partial charge < -0.3 is 21.1 Å². The monoisotopic (exact) mass is 440 g/mol. The summed E-state index contributed by atoms with van der Waals surface area (Å²) in [6, 6.07) is 0. The standard InChI is InChI=1S/C21H24N6O3S/c1-13(22)16(10-25-14(2)27-6-4-3-5-7-27)19-18(21(29)30)17(11-31-19)26-20(28)15-8-23-12-24-9-15/h8-12H,2-7,22H2,1H3,(H,26,28)(H,29,30)/b16-13+,25-10-. The summed E-state index contributed by atoms with van der Waals surface area (Å²) in [6.45, 7) is 7.50. The SMILES string of the molecule is C=C(/N=C\C(=C(\C)N)c1scc(NC(=O)c2cncnc2)c1C(=O)O)N1CCCCC1. The number of amides is 1. The lowest BCUT2D eigenvalue weighted by molar-refractivity contribution is 0.0698. The number of thiophene rings is 1. The zero-order valence-corrected chi connectivity index (χ0v) is 18.0. The largest absolute Gasteiger partial charge is 0.478 e. The number of rotatable bonds is 7. The minimum Gasteiger partial charge on any atom is -0.478 e. The number of piperidine rings is 1. The number of aromatic nitrogens is 2. The summed E-state index contributed by atoms with van der Waals surface area (Å²) < 4.78 is 0. The molecular weight excluding hydrogens is 416 g/mol. The number of allylic oxidation sites excluding steroid dienone is 2. The second-order valence-corrected chi connectivity index (χ2v) is 7.94. The van der Waals surface area contributed by atoms with Gasteiger partial charge in [-0.1, -0.05) is 6.58 Å². The van der Waals surface area contributed by atoms with E-state index in [0.29, 0.717) is 22.0 Å². The van der Waals surface area contributed by atoms with Crippen LogP contribution in [0.4, 0.5) is 5.69 Å². The molecular formula is C21H24N6O3S. The molecule has 2 aromatic heterocycles. The molecule has 0 unspecified atom stereocenters. The van der Waals surface area contributed by atoms with Gasteiger partial charge in [0.25, 0.3) is 5.91 Å². The molecule has 9 nitrogen and oxygen atoms in total. The molecule has 0 atom stereocenters. The van der Waals surface area contributed by atoms with Gasteiger partial charge in [0.1, 0.15) is 17.7 Å². The topological polar surface area (TPSA) is 134 Å². The lowest BCUT2D eigenvalue weighted by atomic mass is 10.1. The first-order chi connectivity index (χ1) is 14.9. The first kappa shape index (κ1) is 22.2. The first-order valence-electron chi connectivity index (χ1n) is 9.74. The van der Waals surface area contributed by atoms with Crippen molar-refractivity contribution in [3.05, 3.63) is 58.2 Å². The number of nitrogens with two attached hydrogens (primary N) is 1. The Labute approximate surface area is 184 Å². The lowest BCUT2D eigenvalue weighted by Gasteiger charge is -2.28. The van der Waals surface area contributed by atoms with E-state index in [0.717, 1.165) is 25.9 Å². The van der Waals surface area contributed by atoms with E-state index in [4.69, 9.17) is 5.73 Å². The normalized spacial score (nSPS) is 14.9. The molecule has 1 aliphatic rings. The third-order valence-corrected chi connectivity index (χ3v) is 5.82. The van der Waals surface area contributed by atoms with Crippen molar-refractivity contribution >= 4 is 40.7 Å². The molecule has 0 aromatic carbocycles. The van der Waals surface area contributed by atoms with Crippen LogP contribution >= 0.6 is 11.3 Å². The van der Waals surface area contributed by atoms with Gasteiger partial charge in [0.15, 0.2) is 0 Å². The minimum atomic E-state index is -1.18. The van der Waals surface area contributed by atoms with Crippen LogP contribution < -0.4 is 11.1 Å². The molecule has 0 aliphatic carbocycles. The number of carbonyl (C=O) groups is 2. The Morgan fingerprint density at radius 1 is 1.29 bits per heavy atom. The Morgan fingerprint density at radius 3 is 2.58 bits per heavy atom. The third kappa shape index (κ3) is 5.34. The molecule has 1 fully saturated rings.